The summed E-state index contributed by atoms with van der Waals surface area (Å²) in [7, 11) is 1.66. The number of methoxy groups -OCH3 is 1. The summed E-state index contributed by atoms with van der Waals surface area (Å²) in [6.45, 7) is 3.20. The second-order valence-electron chi connectivity index (χ2n) is 9.99. The largest absolute Gasteiger partial charge is 0.496 e. The van der Waals surface area contributed by atoms with E-state index in [0.717, 1.165) is 71.8 Å². The van der Waals surface area contributed by atoms with Crippen molar-refractivity contribution in [3.63, 3.8) is 0 Å². The molecule has 0 atom stereocenters. The molecule has 7 heteroatoms. The van der Waals surface area contributed by atoms with E-state index in [1.165, 1.54) is 5.56 Å². The number of fused-ring (bicyclic) bond motifs is 2. The fourth-order valence-electron chi connectivity index (χ4n) is 5.30. The molecule has 1 N–H and O–H groups in total. The van der Waals surface area contributed by atoms with Gasteiger partial charge in [0.25, 0.3) is 0 Å². The third kappa shape index (κ3) is 5.34. The van der Waals surface area contributed by atoms with Crippen LogP contribution >= 0.6 is 0 Å². The van der Waals surface area contributed by atoms with E-state index in [0.29, 0.717) is 18.6 Å². The number of ether oxygens (including phenoxy) is 3. The smallest absolute Gasteiger partial charge is 0.231 e. The number of hydrogen-bond donors (Lipinski definition) is 1. The lowest BCUT2D eigenvalue weighted by molar-refractivity contribution is -0.122. The minimum atomic E-state index is 0.0890. The maximum absolute atomic E-state index is 12.8. The van der Waals surface area contributed by atoms with Gasteiger partial charge in [-0.3, -0.25) is 9.69 Å². The molecule has 0 spiro atoms. The van der Waals surface area contributed by atoms with Crippen molar-refractivity contribution in [3.8, 4) is 28.6 Å². The van der Waals surface area contributed by atoms with Crippen LogP contribution in [-0.4, -0.2) is 43.8 Å². The van der Waals surface area contributed by atoms with Gasteiger partial charge in [0, 0.05) is 37.7 Å². The van der Waals surface area contributed by atoms with Gasteiger partial charge in [0.1, 0.15) is 17.1 Å². The number of rotatable bonds is 8. The van der Waals surface area contributed by atoms with E-state index in [-0.39, 0.29) is 18.7 Å². The third-order valence-corrected chi connectivity index (χ3v) is 7.38. The first kappa shape index (κ1) is 24.4. The standard InChI is InChI=1S/C31H32N2O5/c1-35-28-15-22(16-29-25(28)18-27(38-29)23-8-9-26-30(17-23)37-20-36-26)7-10-31(34)32-24-11-13-33(14-12-24)19-21-5-3-2-4-6-21/h2-6,8-9,15-18,24H,7,10-14,19-20H2,1H3,(H,32,34). The Morgan fingerprint density at radius 3 is 2.61 bits per heavy atom. The molecule has 0 unspecified atom stereocenters. The Morgan fingerprint density at radius 2 is 1.79 bits per heavy atom. The average molecular weight is 513 g/mol. The van der Waals surface area contributed by atoms with Crippen molar-refractivity contribution in [1.82, 2.24) is 10.2 Å². The highest BCUT2D eigenvalue weighted by molar-refractivity contribution is 5.89. The fraction of sp³-hybridized carbons (Fsp3) is 0.323. The minimum Gasteiger partial charge on any atom is -0.496 e. The molecular weight excluding hydrogens is 480 g/mol. The second-order valence-corrected chi connectivity index (χ2v) is 9.99. The predicted octanol–water partition coefficient (Wildman–Crippen LogP) is 5.55. The summed E-state index contributed by atoms with van der Waals surface area (Å²) in [4.78, 5) is 15.2. The lowest BCUT2D eigenvalue weighted by Crippen LogP contribution is -2.44. The number of amides is 1. The Hall–Kier alpha value is -3.97. The molecule has 7 nitrogen and oxygen atoms in total. The zero-order valence-corrected chi connectivity index (χ0v) is 21.6. The highest BCUT2D eigenvalue weighted by Crippen LogP contribution is 2.39. The van der Waals surface area contributed by atoms with Crippen molar-refractivity contribution in [1.29, 1.82) is 0 Å². The number of piperidine rings is 1. The van der Waals surface area contributed by atoms with Crippen LogP contribution in [0.2, 0.25) is 0 Å². The number of furan rings is 1. The van der Waals surface area contributed by atoms with Gasteiger partial charge in [-0.05, 0) is 66.8 Å². The Balaban J connectivity index is 1.06. The number of likely N-dealkylation sites (tertiary alicyclic amines) is 1. The molecule has 4 aromatic rings. The van der Waals surface area contributed by atoms with E-state index in [4.69, 9.17) is 18.6 Å². The van der Waals surface area contributed by atoms with E-state index in [1.54, 1.807) is 7.11 Å². The maximum Gasteiger partial charge on any atom is 0.231 e. The van der Waals surface area contributed by atoms with Crippen LogP contribution in [0.25, 0.3) is 22.3 Å². The van der Waals surface area contributed by atoms with Crippen LogP contribution < -0.4 is 19.5 Å². The van der Waals surface area contributed by atoms with Crippen LogP contribution in [0.5, 0.6) is 17.2 Å². The first-order valence-electron chi connectivity index (χ1n) is 13.2. The minimum absolute atomic E-state index is 0.0890. The molecular formula is C31H32N2O5. The van der Waals surface area contributed by atoms with E-state index >= 15 is 0 Å². The van der Waals surface area contributed by atoms with E-state index in [1.807, 2.05) is 42.5 Å². The van der Waals surface area contributed by atoms with Crippen molar-refractivity contribution in [2.75, 3.05) is 27.0 Å². The quantitative estimate of drug-likeness (QED) is 0.334. The summed E-state index contributed by atoms with van der Waals surface area (Å²) < 4.78 is 22.8. The molecule has 2 aliphatic heterocycles. The van der Waals surface area contributed by atoms with Gasteiger partial charge in [0.05, 0.1) is 12.5 Å². The predicted molar refractivity (Wildman–Crippen MR) is 146 cm³/mol. The summed E-state index contributed by atoms with van der Waals surface area (Å²) in [5.74, 6) is 3.00. The van der Waals surface area contributed by atoms with Crippen molar-refractivity contribution in [2.24, 2.45) is 0 Å². The monoisotopic (exact) mass is 512 g/mol. The lowest BCUT2D eigenvalue weighted by atomic mass is 10.0. The van der Waals surface area contributed by atoms with Crippen LogP contribution in [0.4, 0.5) is 0 Å². The van der Waals surface area contributed by atoms with E-state index < -0.39 is 0 Å². The number of aryl methyl sites for hydroxylation is 1. The van der Waals surface area contributed by atoms with E-state index in [2.05, 4.69) is 34.5 Å². The number of nitrogens with one attached hydrogen (secondary N) is 1. The molecule has 3 heterocycles. The Kier molecular flexibility index (Phi) is 6.92. The maximum atomic E-state index is 12.8. The normalized spacial score (nSPS) is 15.6. The van der Waals surface area contributed by atoms with Gasteiger partial charge in [0.15, 0.2) is 11.5 Å². The van der Waals surface area contributed by atoms with E-state index in [9.17, 15) is 4.79 Å². The average Bonchev–Trinajstić information content (AvgIpc) is 3.60. The van der Waals surface area contributed by atoms with Crippen molar-refractivity contribution in [2.45, 2.75) is 38.3 Å². The van der Waals surface area contributed by atoms with Crippen molar-refractivity contribution < 1.29 is 23.4 Å². The third-order valence-electron chi connectivity index (χ3n) is 7.38. The second kappa shape index (κ2) is 10.8. The van der Waals surface area contributed by atoms with Gasteiger partial charge < -0.3 is 23.9 Å². The molecule has 1 amide bonds. The summed E-state index contributed by atoms with van der Waals surface area (Å²) in [6.07, 6.45) is 3.00. The number of benzene rings is 3. The summed E-state index contributed by atoms with van der Waals surface area (Å²) in [6, 6.07) is 22.5. The van der Waals surface area contributed by atoms with Crippen LogP contribution in [0.3, 0.4) is 0 Å². The lowest BCUT2D eigenvalue weighted by Gasteiger charge is -2.32. The molecule has 0 bridgehead atoms. The number of nitrogens with zero attached hydrogens (tertiary/aromatic N) is 1. The molecule has 3 aromatic carbocycles. The van der Waals surface area contributed by atoms with Gasteiger partial charge in [0.2, 0.25) is 12.7 Å². The molecule has 0 radical (unpaired) electrons. The first-order chi connectivity index (χ1) is 18.6. The zero-order valence-electron chi connectivity index (χ0n) is 21.6. The molecule has 1 saturated heterocycles. The van der Waals surface area contributed by atoms with Gasteiger partial charge >= 0.3 is 0 Å². The van der Waals surface area contributed by atoms with Crippen LogP contribution in [-0.2, 0) is 17.8 Å². The first-order valence-corrected chi connectivity index (χ1v) is 13.2. The van der Waals surface area contributed by atoms with Gasteiger partial charge in [-0.1, -0.05) is 30.3 Å². The van der Waals surface area contributed by atoms with Crippen molar-refractivity contribution >= 4 is 16.9 Å². The van der Waals surface area contributed by atoms with Crippen LogP contribution in [0.15, 0.2) is 71.1 Å². The topological polar surface area (TPSA) is 73.2 Å². The number of hydrogen-bond acceptors (Lipinski definition) is 6. The molecule has 2 aliphatic rings. The van der Waals surface area contributed by atoms with Gasteiger partial charge in [-0.25, -0.2) is 0 Å². The molecule has 0 saturated carbocycles. The highest BCUT2D eigenvalue weighted by Gasteiger charge is 2.21. The SMILES string of the molecule is COc1cc(CCC(=O)NC2CCN(Cc3ccccc3)CC2)cc2oc(-c3ccc4c(c3)OCO4)cc12. The molecule has 38 heavy (non-hydrogen) atoms. The van der Waals surface area contributed by atoms with Gasteiger partial charge in [-0.2, -0.15) is 0 Å². The molecule has 196 valence electrons. The molecule has 1 fully saturated rings. The van der Waals surface area contributed by atoms with Crippen LogP contribution in [0.1, 0.15) is 30.4 Å². The van der Waals surface area contributed by atoms with Crippen LogP contribution in [0, 0.1) is 0 Å². The fourth-order valence-corrected chi connectivity index (χ4v) is 5.30. The number of carbonyl (C=O) groups excluding carboxylic acids is 1. The summed E-state index contributed by atoms with van der Waals surface area (Å²) in [5.41, 5.74) is 3.98. The summed E-state index contributed by atoms with van der Waals surface area (Å²) in [5, 5.41) is 4.14. The Bertz CT molecular complexity index is 1420. The van der Waals surface area contributed by atoms with Gasteiger partial charge in [-0.15, -0.1) is 0 Å². The number of carbonyl (C=O) groups is 1. The summed E-state index contributed by atoms with van der Waals surface area (Å²) >= 11 is 0. The molecule has 0 aliphatic carbocycles. The molecule has 6 rings (SSSR count). The van der Waals surface area contributed by atoms with Crippen molar-refractivity contribution in [3.05, 3.63) is 77.9 Å². The Morgan fingerprint density at radius 1 is 0.974 bits per heavy atom. The molecule has 1 aromatic heterocycles. The zero-order chi connectivity index (χ0) is 25.9. The Labute approximate surface area is 222 Å². The highest BCUT2D eigenvalue weighted by atomic mass is 16.7.